The number of nitro benzene ring substituents is 1. The Morgan fingerprint density at radius 3 is 1.94 bits per heavy atom. The van der Waals surface area contributed by atoms with Crippen LogP contribution < -0.4 is 19.9 Å². The van der Waals surface area contributed by atoms with Gasteiger partial charge in [0.1, 0.15) is 18.1 Å². The van der Waals surface area contributed by atoms with Crippen LogP contribution in [-0.4, -0.2) is 89.7 Å². The van der Waals surface area contributed by atoms with Gasteiger partial charge in [-0.05, 0) is 46.5 Å². The van der Waals surface area contributed by atoms with Gasteiger partial charge in [-0.3, -0.25) is 34.1 Å². The lowest BCUT2D eigenvalue weighted by atomic mass is 9.97. The fourth-order valence-corrected chi connectivity index (χ4v) is 7.31. The van der Waals surface area contributed by atoms with Gasteiger partial charge in [0.2, 0.25) is 18.3 Å². The third-order valence-corrected chi connectivity index (χ3v) is 9.96. The first kappa shape index (κ1) is 46.4. The predicted octanol–water partition coefficient (Wildman–Crippen LogP) is 5.03. The van der Waals surface area contributed by atoms with E-state index in [0.717, 1.165) is 66.2 Å². The lowest BCUT2D eigenvalue weighted by Crippen LogP contribution is -2.64. The van der Waals surface area contributed by atoms with Gasteiger partial charge in [0.25, 0.3) is 18.4 Å². The first-order valence-corrected chi connectivity index (χ1v) is 19.7. The molecule has 2 aliphatic rings. The summed E-state index contributed by atoms with van der Waals surface area (Å²) in [5, 5.41) is 22.2. The van der Waals surface area contributed by atoms with E-state index in [1.54, 1.807) is 0 Å². The molecule has 0 aromatic heterocycles. The molecule has 0 saturated carbocycles. The van der Waals surface area contributed by atoms with Gasteiger partial charge >= 0.3 is 30.0 Å². The minimum atomic E-state index is -2.06. The van der Waals surface area contributed by atoms with Crippen LogP contribution in [0.4, 0.5) is 16.2 Å². The van der Waals surface area contributed by atoms with E-state index in [4.69, 9.17) is 37.9 Å². The van der Waals surface area contributed by atoms with E-state index in [-0.39, 0.29) is 53.9 Å². The van der Waals surface area contributed by atoms with Crippen LogP contribution >= 0.6 is 0 Å². The molecule has 4 aromatic carbocycles. The summed E-state index contributed by atoms with van der Waals surface area (Å²) in [5.41, 5.74) is 5.45. The molecule has 1 fully saturated rings. The summed E-state index contributed by atoms with van der Waals surface area (Å²) >= 11 is 0. The number of anilines is 1. The molecule has 2 amide bonds. The molecule has 1 unspecified atom stereocenters. The minimum Gasteiger partial charge on any atom is -0.479 e. The number of carboxylic acid groups (broad SMARTS) is 1. The summed E-state index contributed by atoms with van der Waals surface area (Å²) < 4.78 is 44.6. The van der Waals surface area contributed by atoms with Gasteiger partial charge in [-0.15, -0.1) is 0 Å². The highest BCUT2D eigenvalue weighted by Gasteiger charge is 2.55. The van der Waals surface area contributed by atoms with Crippen LogP contribution in [-0.2, 0) is 57.2 Å². The highest BCUT2D eigenvalue weighted by molar-refractivity contribution is 5.96. The second-order valence-corrected chi connectivity index (χ2v) is 14.3. The number of nitro groups is 1. The number of hydrogen-bond acceptors (Lipinski definition) is 17. The van der Waals surface area contributed by atoms with Crippen molar-refractivity contribution in [3.63, 3.8) is 0 Å². The number of nitrogens with zero attached hydrogens (tertiary/aromatic N) is 2. The smallest absolute Gasteiger partial charge is 0.426 e. The molecule has 0 spiro atoms. The molecule has 6 rings (SSSR count). The largest absolute Gasteiger partial charge is 0.479 e. The summed E-state index contributed by atoms with van der Waals surface area (Å²) in [5.74, 6) is -6.10. The van der Waals surface area contributed by atoms with Crippen molar-refractivity contribution in [1.82, 2.24) is 5.43 Å². The fraction of sp³-hybridized carbons (Fsp3) is 0.295. The number of carbonyl (C=O) groups excluding carboxylic acids is 6. The van der Waals surface area contributed by atoms with Crippen molar-refractivity contribution >= 4 is 53.7 Å². The first-order chi connectivity index (χ1) is 31.1. The van der Waals surface area contributed by atoms with Crippen molar-refractivity contribution in [3.8, 4) is 22.6 Å². The summed E-state index contributed by atoms with van der Waals surface area (Å²) in [7, 11) is 0. The molecule has 1 heterocycles. The zero-order chi connectivity index (χ0) is 46.9. The normalized spacial score (nSPS) is 18.9. The zero-order valence-corrected chi connectivity index (χ0v) is 35.0. The Kier molecular flexibility index (Phi) is 14.6. The predicted molar refractivity (Wildman–Crippen MR) is 220 cm³/mol. The number of hydrazine groups is 1. The van der Waals surface area contributed by atoms with Crippen molar-refractivity contribution in [2.45, 2.75) is 77.0 Å². The summed E-state index contributed by atoms with van der Waals surface area (Å²) in [6, 6.07) is 23.5. The standard InChI is InChI=1S/C44H41N3O18/c1-5-36(52)46(45-44(55)58-21-34-31-12-8-6-10-29(31)30-11-7-9-13-32(30)34)35-20-28(18-19-33(35)42(59-22-48)63-27-16-14-26(15-17-27)47(56)57)64-43-40(62-25(4)51)38(61-24(3)50)37(60-23(2)49)39(65-43)41(53)54/h6-20,22,34,37-40,42-43H,5,21H2,1-4H3,(H,45,55)(H,53,54)/t37-,38-,39-,40+,42?,43+/m0/s1. The quantitative estimate of drug-likeness (QED) is 0.0373. The number of esters is 3. The molecule has 65 heavy (non-hydrogen) atoms. The number of aliphatic carboxylic acids is 1. The first-order valence-electron chi connectivity index (χ1n) is 19.7. The van der Waals surface area contributed by atoms with E-state index in [0.29, 0.717) is 0 Å². The number of carbonyl (C=O) groups is 7. The third-order valence-electron chi connectivity index (χ3n) is 9.96. The molecule has 1 aliphatic carbocycles. The Morgan fingerprint density at radius 1 is 0.815 bits per heavy atom. The average molecular weight is 900 g/mol. The number of hydrogen-bond donors (Lipinski definition) is 2. The Bertz CT molecular complexity index is 2430. The van der Waals surface area contributed by atoms with Gasteiger partial charge in [0.15, 0.2) is 18.3 Å². The Balaban J connectivity index is 1.39. The molecule has 1 aliphatic heterocycles. The highest BCUT2D eigenvalue weighted by atomic mass is 16.7. The van der Waals surface area contributed by atoms with Crippen molar-refractivity contribution in [1.29, 1.82) is 0 Å². The molecule has 0 bridgehead atoms. The van der Waals surface area contributed by atoms with Crippen LogP contribution in [0.15, 0.2) is 91.0 Å². The Morgan fingerprint density at radius 2 is 1.38 bits per heavy atom. The number of non-ortho nitro benzene ring substituents is 1. The summed E-state index contributed by atoms with van der Waals surface area (Å²) in [4.78, 5) is 99.5. The molecule has 4 aromatic rings. The lowest BCUT2D eigenvalue weighted by Gasteiger charge is -2.42. The van der Waals surface area contributed by atoms with Crippen molar-refractivity contribution in [2.75, 3.05) is 11.6 Å². The van der Waals surface area contributed by atoms with E-state index in [1.165, 1.54) is 31.2 Å². The fourth-order valence-electron chi connectivity index (χ4n) is 7.31. The average Bonchev–Trinajstić information content (AvgIpc) is 3.59. The van der Waals surface area contributed by atoms with E-state index in [9.17, 15) is 48.8 Å². The number of carboxylic acids is 1. The molecule has 340 valence electrons. The second-order valence-electron chi connectivity index (χ2n) is 14.3. The van der Waals surface area contributed by atoms with Crippen LogP contribution in [0.5, 0.6) is 11.5 Å². The van der Waals surface area contributed by atoms with E-state index in [1.807, 2.05) is 48.5 Å². The molecule has 21 nitrogen and oxygen atoms in total. The lowest BCUT2D eigenvalue weighted by molar-refractivity contribution is -0.384. The van der Waals surface area contributed by atoms with Crippen LogP contribution in [0.1, 0.15) is 63.0 Å². The van der Waals surface area contributed by atoms with Gasteiger partial charge < -0.3 is 43.0 Å². The maximum absolute atomic E-state index is 13.9. The van der Waals surface area contributed by atoms with Gasteiger partial charge in [0, 0.05) is 51.3 Å². The number of rotatable bonds is 16. The summed E-state index contributed by atoms with van der Waals surface area (Å²) in [6.07, 6.45) is -12.5. The number of amides is 2. The Labute approximate surface area is 369 Å². The minimum absolute atomic E-state index is 0.0233. The number of nitrogens with one attached hydrogen (secondary N) is 1. The van der Waals surface area contributed by atoms with Gasteiger partial charge in [-0.25, -0.2) is 20.0 Å². The van der Waals surface area contributed by atoms with Crippen LogP contribution in [0.2, 0.25) is 0 Å². The second kappa shape index (κ2) is 20.4. The van der Waals surface area contributed by atoms with Crippen LogP contribution in [0.25, 0.3) is 11.1 Å². The van der Waals surface area contributed by atoms with Crippen LogP contribution in [0.3, 0.4) is 0 Å². The molecular weight excluding hydrogens is 858 g/mol. The molecule has 2 N–H and O–H groups in total. The zero-order valence-electron chi connectivity index (χ0n) is 35.0. The molecule has 6 atom stereocenters. The van der Waals surface area contributed by atoms with E-state index >= 15 is 0 Å². The maximum Gasteiger partial charge on any atom is 0.426 e. The molecular formula is C44H41N3O18. The Hall–Kier alpha value is -8.07. The van der Waals surface area contributed by atoms with Crippen molar-refractivity contribution in [3.05, 3.63) is 118 Å². The number of fused-ring (bicyclic) bond motifs is 3. The highest BCUT2D eigenvalue weighted by Crippen LogP contribution is 2.45. The SMILES string of the molecule is CCC(=O)N(NC(=O)OCC1c2ccccc2-c2ccccc21)c1cc(O[C@@H]2O[C@H](C(=O)O)[C@@H](OC(C)=O)[C@H](OC(C)=O)[C@H]2OC(C)=O)ccc1C(OC=O)Oc1ccc([N+](=O)[O-])cc1. The monoisotopic (exact) mass is 899 g/mol. The number of benzene rings is 4. The number of ether oxygens (including phenoxy) is 8. The molecule has 1 saturated heterocycles. The van der Waals surface area contributed by atoms with Gasteiger partial charge in [0.05, 0.1) is 16.2 Å². The van der Waals surface area contributed by atoms with Gasteiger partial charge in [-0.2, -0.15) is 0 Å². The van der Waals surface area contributed by atoms with Gasteiger partial charge in [-0.1, -0.05) is 55.5 Å². The van der Waals surface area contributed by atoms with E-state index in [2.05, 4.69) is 5.43 Å². The molecule has 21 heteroatoms. The van der Waals surface area contributed by atoms with Crippen molar-refractivity contribution in [2.24, 2.45) is 0 Å². The maximum atomic E-state index is 13.9. The third kappa shape index (κ3) is 10.8. The molecule has 0 radical (unpaired) electrons. The summed E-state index contributed by atoms with van der Waals surface area (Å²) in [6.45, 7) is 4.26. The van der Waals surface area contributed by atoms with Crippen LogP contribution in [0, 0.1) is 10.1 Å². The topological polar surface area (TPSA) is 272 Å². The van der Waals surface area contributed by atoms with Crippen molar-refractivity contribution < 1.29 is 81.5 Å². The van der Waals surface area contributed by atoms with E-state index < -0.39 is 77.8 Å².